The van der Waals surface area contributed by atoms with Crippen molar-refractivity contribution in [3.63, 3.8) is 0 Å². The van der Waals surface area contributed by atoms with Crippen molar-refractivity contribution in [2.45, 2.75) is 26.5 Å². The van der Waals surface area contributed by atoms with Gasteiger partial charge in [-0.3, -0.25) is 0 Å². The minimum Gasteiger partial charge on any atom is -0.491 e. The number of hydrogen-bond acceptors (Lipinski definition) is 2. The Morgan fingerprint density at radius 1 is 1.00 bits per heavy atom. The van der Waals surface area contributed by atoms with Crippen LogP contribution in [0.1, 0.15) is 16.7 Å². The summed E-state index contributed by atoms with van der Waals surface area (Å²) in [6.45, 7) is 10.6. The highest BCUT2D eigenvalue weighted by Crippen LogP contribution is 2.25. The van der Waals surface area contributed by atoms with E-state index in [1.807, 2.05) is 26.0 Å². The lowest BCUT2D eigenvalue weighted by atomic mass is 10.1. The van der Waals surface area contributed by atoms with Gasteiger partial charge in [-0.05, 0) is 37.1 Å². The molecule has 0 radical (unpaired) electrons. The third kappa shape index (κ3) is 5.94. The Labute approximate surface area is 167 Å². The fraction of sp³-hybridized carbons (Fsp3) is 0.455. The maximum Gasteiger partial charge on any atom is 0.137 e. The molecule has 2 aromatic carbocycles. The summed E-state index contributed by atoms with van der Waals surface area (Å²) in [4.78, 5) is 3.09. The van der Waals surface area contributed by atoms with E-state index >= 15 is 0 Å². The topological polar surface area (TPSA) is 38.3 Å². The predicted octanol–water partition coefficient (Wildman–Crippen LogP) is 0.680. The van der Waals surface area contributed by atoms with Gasteiger partial charge in [-0.2, -0.15) is 0 Å². The third-order valence-electron chi connectivity index (χ3n) is 5.34. The Kier molecular flexibility index (Phi) is 7.13. The van der Waals surface area contributed by atoms with Crippen LogP contribution >= 0.6 is 11.6 Å². The van der Waals surface area contributed by atoms with E-state index in [9.17, 15) is 5.11 Å². The molecule has 1 saturated heterocycles. The Bertz CT molecular complexity index is 707. The van der Waals surface area contributed by atoms with Crippen molar-refractivity contribution in [2.75, 3.05) is 39.3 Å². The highest BCUT2D eigenvalue weighted by molar-refractivity contribution is 6.32. The number of quaternary nitrogens is 2. The molecule has 0 spiro atoms. The zero-order chi connectivity index (χ0) is 19.2. The van der Waals surface area contributed by atoms with Crippen LogP contribution in [0.3, 0.4) is 0 Å². The van der Waals surface area contributed by atoms with E-state index in [-0.39, 0.29) is 0 Å². The number of ether oxygens (including phenoxy) is 1. The van der Waals surface area contributed by atoms with Crippen LogP contribution in [0, 0.1) is 13.8 Å². The zero-order valence-electron chi connectivity index (χ0n) is 16.3. The first-order chi connectivity index (χ1) is 13.0. The number of aryl methyl sites for hydroxylation is 2. The van der Waals surface area contributed by atoms with Gasteiger partial charge in [-0.15, -0.1) is 0 Å². The molecule has 0 bridgehead atoms. The SMILES string of the molecule is Cc1cc(OC[C@@H](O)C[NH+]2CC[NH+](Cc3ccccc3)CC2)cc(C)c1Cl. The zero-order valence-corrected chi connectivity index (χ0v) is 17.1. The first kappa shape index (κ1) is 20.2. The minimum absolute atomic E-state index is 0.324. The summed E-state index contributed by atoms with van der Waals surface area (Å²) in [5.74, 6) is 0.778. The van der Waals surface area contributed by atoms with Gasteiger partial charge in [-0.25, -0.2) is 0 Å². The highest BCUT2D eigenvalue weighted by atomic mass is 35.5. The number of benzene rings is 2. The smallest absolute Gasteiger partial charge is 0.137 e. The molecule has 1 aliphatic rings. The maximum atomic E-state index is 10.4. The van der Waals surface area contributed by atoms with Gasteiger partial charge in [0, 0.05) is 10.6 Å². The molecule has 0 saturated carbocycles. The second kappa shape index (κ2) is 9.56. The largest absolute Gasteiger partial charge is 0.491 e. The molecule has 27 heavy (non-hydrogen) atoms. The monoisotopic (exact) mass is 390 g/mol. The molecule has 1 aliphatic heterocycles. The minimum atomic E-state index is -0.452. The molecule has 3 rings (SSSR count). The Balaban J connectivity index is 1.40. The molecule has 0 aliphatic carbocycles. The van der Waals surface area contributed by atoms with Gasteiger partial charge in [0.2, 0.25) is 0 Å². The Hall–Kier alpha value is -1.59. The summed E-state index contributed by atoms with van der Waals surface area (Å²) in [6, 6.07) is 14.5. The number of rotatable bonds is 7. The van der Waals surface area contributed by atoms with Crippen LogP contribution < -0.4 is 14.5 Å². The molecule has 0 amide bonds. The molecular weight excluding hydrogens is 360 g/mol. The van der Waals surface area contributed by atoms with E-state index < -0.39 is 6.10 Å². The number of aliphatic hydroxyl groups is 1. The summed E-state index contributed by atoms with van der Waals surface area (Å²) in [5.41, 5.74) is 3.41. The van der Waals surface area contributed by atoms with Gasteiger partial charge < -0.3 is 19.6 Å². The van der Waals surface area contributed by atoms with Gasteiger partial charge in [0.25, 0.3) is 0 Å². The van der Waals surface area contributed by atoms with Crippen molar-refractivity contribution in [1.82, 2.24) is 0 Å². The number of hydrogen-bond donors (Lipinski definition) is 3. The fourth-order valence-electron chi connectivity index (χ4n) is 3.80. The van der Waals surface area contributed by atoms with E-state index in [4.69, 9.17) is 16.3 Å². The summed E-state index contributed by atoms with van der Waals surface area (Å²) in [6.07, 6.45) is -0.452. The lowest BCUT2D eigenvalue weighted by molar-refractivity contribution is -1.02. The van der Waals surface area contributed by atoms with Gasteiger partial charge >= 0.3 is 0 Å². The molecule has 1 fully saturated rings. The van der Waals surface area contributed by atoms with E-state index in [1.165, 1.54) is 10.5 Å². The van der Waals surface area contributed by atoms with Crippen LogP contribution in [-0.2, 0) is 6.54 Å². The molecule has 4 nitrogen and oxygen atoms in total. The number of halogens is 1. The van der Waals surface area contributed by atoms with Crippen molar-refractivity contribution in [3.8, 4) is 5.75 Å². The molecule has 0 aromatic heterocycles. The van der Waals surface area contributed by atoms with Crippen LogP contribution in [0.4, 0.5) is 0 Å². The summed E-state index contributed by atoms with van der Waals surface area (Å²) in [5, 5.41) is 11.2. The molecule has 146 valence electrons. The first-order valence-corrected chi connectivity index (χ1v) is 10.2. The van der Waals surface area contributed by atoms with Gasteiger partial charge in [0.15, 0.2) is 0 Å². The Morgan fingerprint density at radius 3 is 2.22 bits per heavy atom. The van der Waals surface area contributed by atoms with Gasteiger partial charge in [-0.1, -0.05) is 41.9 Å². The maximum absolute atomic E-state index is 10.4. The molecule has 3 N–H and O–H groups in total. The van der Waals surface area contributed by atoms with Crippen molar-refractivity contribution < 1.29 is 19.6 Å². The van der Waals surface area contributed by atoms with E-state index in [0.717, 1.165) is 61.2 Å². The summed E-state index contributed by atoms with van der Waals surface area (Å²) >= 11 is 6.19. The molecular formula is C22H31ClN2O2+2. The average molecular weight is 391 g/mol. The van der Waals surface area contributed by atoms with Crippen LogP contribution in [0.15, 0.2) is 42.5 Å². The van der Waals surface area contributed by atoms with Gasteiger partial charge in [0.05, 0.1) is 0 Å². The van der Waals surface area contributed by atoms with Crippen molar-refractivity contribution in [2.24, 2.45) is 0 Å². The molecule has 1 heterocycles. The standard InChI is InChI=1S/C22H29ClN2O2/c1-17-12-21(13-18(2)22(17)23)27-16-20(26)15-25-10-8-24(9-11-25)14-19-6-4-3-5-7-19/h3-7,12-13,20,26H,8-11,14-16H2,1-2H3/p+2/t20-/m0/s1. The van der Waals surface area contributed by atoms with Crippen molar-refractivity contribution in [3.05, 3.63) is 64.2 Å². The summed E-state index contributed by atoms with van der Waals surface area (Å²) in [7, 11) is 0. The molecule has 1 atom stereocenters. The second-order valence-electron chi connectivity index (χ2n) is 7.70. The number of aliphatic hydroxyl groups excluding tert-OH is 1. The first-order valence-electron chi connectivity index (χ1n) is 9.80. The average Bonchev–Trinajstić information content (AvgIpc) is 2.67. The van der Waals surface area contributed by atoms with Crippen molar-refractivity contribution in [1.29, 1.82) is 0 Å². The third-order valence-corrected chi connectivity index (χ3v) is 5.93. The predicted molar refractivity (Wildman–Crippen MR) is 109 cm³/mol. The lowest BCUT2D eigenvalue weighted by Crippen LogP contribution is -3.28. The fourth-order valence-corrected chi connectivity index (χ4v) is 3.91. The van der Waals surface area contributed by atoms with Crippen LogP contribution in [-0.4, -0.2) is 50.5 Å². The van der Waals surface area contributed by atoms with E-state index in [1.54, 1.807) is 4.90 Å². The Morgan fingerprint density at radius 2 is 1.59 bits per heavy atom. The van der Waals surface area contributed by atoms with Crippen LogP contribution in [0.25, 0.3) is 0 Å². The normalized spacial score (nSPS) is 21.0. The molecule has 2 aromatic rings. The van der Waals surface area contributed by atoms with Crippen LogP contribution in [0.5, 0.6) is 5.75 Å². The summed E-state index contributed by atoms with van der Waals surface area (Å²) < 4.78 is 5.80. The number of nitrogens with one attached hydrogen (secondary N) is 2. The molecule has 5 heteroatoms. The quantitative estimate of drug-likeness (QED) is 0.650. The van der Waals surface area contributed by atoms with E-state index in [2.05, 4.69) is 30.3 Å². The van der Waals surface area contributed by atoms with Crippen molar-refractivity contribution >= 4 is 11.6 Å². The number of piperazine rings is 1. The van der Waals surface area contributed by atoms with E-state index in [0.29, 0.717) is 6.61 Å². The lowest BCUT2D eigenvalue weighted by Gasteiger charge is -2.30. The van der Waals surface area contributed by atoms with Gasteiger partial charge in [0.1, 0.15) is 57.7 Å². The van der Waals surface area contributed by atoms with Crippen LogP contribution in [0.2, 0.25) is 5.02 Å². The second-order valence-corrected chi connectivity index (χ2v) is 8.08. The highest BCUT2D eigenvalue weighted by Gasteiger charge is 2.25. The molecule has 0 unspecified atom stereocenters.